The molecule has 30 heavy (non-hydrogen) atoms. The van der Waals surface area contributed by atoms with Crippen LogP contribution < -0.4 is 0 Å². The van der Waals surface area contributed by atoms with Crippen molar-refractivity contribution in [2.45, 2.75) is 16.5 Å². The Morgan fingerprint density at radius 1 is 1.13 bits per heavy atom. The zero-order valence-electron chi connectivity index (χ0n) is 15.8. The quantitative estimate of drug-likeness (QED) is 0.475. The molecule has 0 radical (unpaired) electrons. The van der Waals surface area contributed by atoms with E-state index in [1.165, 1.54) is 0 Å². The molecule has 2 heterocycles. The molecule has 4 rings (SSSR count). The second-order valence-electron chi connectivity index (χ2n) is 6.58. The number of hydrogen-bond acceptors (Lipinski definition) is 6. The van der Waals surface area contributed by atoms with Gasteiger partial charge in [0.25, 0.3) is 0 Å². The van der Waals surface area contributed by atoms with Gasteiger partial charge in [-0.1, -0.05) is 24.3 Å². The summed E-state index contributed by atoms with van der Waals surface area (Å²) in [5.74, 6) is -1.95. The fourth-order valence-electron chi connectivity index (χ4n) is 3.07. The Hall–Kier alpha value is -3.17. The molecule has 0 bridgehead atoms. The Balaban J connectivity index is 1.62. The highest BCUT2D eigenvalue weighted by molar-refractivity contribution is 7.99. The topological polar surface area (TPSA) is 80.9 Å². The zero-order valence-corrected chi connectivity index (χ0v) is 16.7. The monoisotopic (exact) mass is 426 g/mol. The lowest BCUT2D eigenvalue weighted by Gasteiger charge is -2.08. The number of carbonyl (C=O) groups is 1. The predicted octanol–water partition coefficient (Wildman–Crippen LogP) is 3.56. The van der Waals surface area contributed by atoms with Crippen molar-refractivity contribution >= 4 is 28.4 Å². The fraction of sp³-hybridized carbons (Fsp3) is 0.143. The second kappa shape index (κ2) is 8.29. The van der Waals surface area contributed by atoms with Crippen LogP contribution in [0.4, 0.5) is 8.78 Å². The molecule has 2 aromatic heterocycles. The van der Waals surface area contributed by atoms with Gasteiger partial charge in [-0.2, -0.15) is 0 Å². The van der Waals surface area contributed by atoms with E-state index in [4.69, 9.17) is 5.11 Å². The van der Waals surface area contributed by atoms with Gasteiger partial charge in [0, 0.05) is 30.6 Å². The van der Waals surface area contributed by atoms with Crippen molar-refractivity contribution in [3.05, 3.63) is 77.2 Å². The van der Waals surface area contributed by atoms with E-state index in [9.17, 15) is 13.6 Å². The first-order chi connectivity index (χ1) is 14.5. The number of ketones is 1. The molecule has 9 heteroatoms. The summed E-state index contributed by atoms with van der Waals surface area (Å²) in [7, 11) is 1.72. The van der Waals surface area contributed by atoms with Crippen molar-refractivity contribution in [1.29, 1.82) is 0 Å². The minimum Gasteiger partial charge on any atom is -0.388 e. The molecule has 0 aliphatic carbocycles. The van der Waals surface area contributed by atoms with Crippen LogP contribution in [0.5, 0.6) is 0 Å². The first kappa shape index (κ1) is 20.1. The summed E-state index contributed by atoms with van der Waals surface area (Å²) in [6.45, 7) is -0.818. The van der Waals surface area contributed by atoms with E-state index in [1.54, 1.807) is 17.8 Å². The molecular formula is C21H16F2N4O2S. The van der Waals surface area contributed by atoms with Crippen LogP contribution in [0.15, 0.2) is 58.7 Å². The maximum atomic E-state index is 14.4. The van der Waals surface area contributed by atoms with Gasteiger partial charge in [0.1, 0.15) is 24.1 Å². The van der Waals surface area contributed by atoms with Crippen LogP contribution in [-0.2, 0) is 13.5 Å². The molecular weight excluding hydrogens is 410 g/mol. The van der Waals surface area contributed by atoms with Crippen LogP contribution in [-0.4, -0.2) is 37.2 Å². The van der Waals surface area contributed by atoms with E-state index in [-0.39, 0.29) is 10.5 Å². The first-order valence-corrected chi connectivity index (χ1v) is 9.81. The molecule has 0 unspecified atom stereocenters. The number of benzene rings is 2. The van der Waals surface area contributed by atoms with Crippen molar-refractivity contribution in [3.63, 3.8) is 0 Å². The lowest BCUT2D eigenvalue weighted by Crippen LogP contribution is -2.06. The number of aliphatic hydroxyl groups excluding tert-OH is 1. The third-order valence-electron chi connectivity index (χ3n) is 4.65. The summed E-state index contributed by atoms with van der Waals surface area (Å²) in [6.07, 6.45) is 2.17. The SMILES string of the molecule is Cn1c(Cc2cccc3cccnc23)nnc1Sc1c(F)cc(C(=O)CO)cc1F. The van der Waals surface area contributed by atoms with E-state index in [0.717, 1.165) is 40.4 Å². The number of Topliss-reactive ketones (excluding diaryl/α,β-unsaturated/α-hetero) is 1. The molecule has 6 nitrogen and oxygen atoms in total. The minimum absolute atomic E-state index is 0.223. The van der Waals surface area contributed by atoms with Crippen LogP contribution >= 0.6 is 11.8 Å². The molecule has 0 aliphatic rings. The number of aromatic nitrogens is 4. The number of aliphatic hydroxyl groups is 1. The lowest BCUT2D eigenvalue weighted by molar-refractivity contribution is 0.0902. The summed E-state index contributed by atoms with van der Waals surface area (Å²) in [6, 6.07) is 11.5. The van der Waals surface area contributed by atoms with Gasteiger partial charge < -0.3 is 9.67 Å². The smallest absolute Gasteiger partial charge is 0.195 e. The molecule has 0 saturated heterocycles. The molecule has 4 aromatic rings. The molecule has 0 saturated carbocycles. The number of nitrogens with zero attached hydrogens (tertiary/aromatic N) is 4. The van der Waals surface area contributed by atoms with Gasteiger partial charge in [-0.3, -0.25) is 9.78 Å². The number of carbonyl (C=O) groups excluding carboxylic acids is 1. The highest BCUT2D eigenvalue weighted by Gasteiger charge is 2.19. The van der Waals surface area contributed by atoms with Gasteiger partial charge in [-0.25, -0.2) is 8.78 Å². The van der Waals surface area contributed by atoms with E-state index in [0.29, 0.717) is 17.4 Å². The number of hydrogen-bond donors (Lipinski definition) is 1. The molecule has 0 fully saturated rings. The van der Waals surface area contributed by atoms with E-state index in [2.05, 4.69) is 15.2 Å². The van der Waals surface area contributed by atoms with Crippen molar-refractivity contribution in [1.82, 2.24) is 19.7 Å². The van der Waals surface area contributed by atoms with Gasteiger partial charge in [0.15, 0.2) is 10.9 Å². The van der Waals surface area contributed by atoms with E-state index < -0.39 is 24.0 Å². The molecule has 1 N–H and O–H groups in total. The maximum Gasteiger partial charge on any atom is 0.195 e. The first-order valence-electron chi connectivity index (χ1n) is 8.99. The van der Waals surface area contributed by atoms with Gasteiger partial charge in [0.2, 0.25) is 0 Å². The number of rotatable bonds is 6. The summed E-state index contributed by atoms with van der Waals surface area (Å²) < 4.78 is 30.5. The standard InChI is InChI=1S/C21H16F2N4O2S/c1-27-18(10-13-5-2-4-12-6-3-7-24-19(12)13)25-26-21(27)30-20-15(22)8-14(9-16(20)23)17(29)11-28/h2-9,28H,10-11H2,1H3. The third-order valence-corrected chi connectivity index (χ3v) is 5.78. The van der Waals surface area contributed by atoms with Crippen molar-refractivity contribution < 1.29 is 18.7 Å². The largest absolute Gasteiger partial charge is 0.388 e. The molecule has 0 spiro atoms. The number of halogens is 2. The van der Waals surface area contributed by atoms with Crippen molar-refractivity contribution in [2.24, 2.45) is 7.05 Å². The predicted molar refractivity (Wildman–Crippen MR) is 107 cm³/mol. The fourth-order valence-corrected chi connectivity index (χ4v) is 3.89. The number of fused-ring (bicyclic) bond motifs is 1. The summed E-state index contributed by atoms with van der Waals surface area (Å²) in [5, 5.41) is 18.4. The average Bonchev–Trinajstić information content (AvgIpc) is 3.09. The Morgan fingerprint density at radius 3 is 2.60 bits per heavy atom. The van der Waals surface area contributed by atoms with Crippen LogP contribution in [0.3, 0.4) is 0 Å². The van der Waals surface area contributed by atoms with Gasteiger partial charge in [0.05, 0.1) is 10.4 Å². The second-order valence-corrected chi connectivity index (χ2v) is 7.56. The Kier molecular flexibility index (Phi) is 5.56. The summed E-state index contributed by atoms with van der Waals surface area (Å²) in [4.78, 5) is 15.6. The number of para-hydroxylation sites is 1. The van der Waals surface area contributed by atoms with Crippen LogP contribution in [0.2, 0.25) is 0 Å². The average molecular weight is 426 g/mol. The van der Waals surface area contributed by atoms with Crippen LogP contribution in [0, 0.1) is 11.6 Å². The summed E-state index contributed by atoms with van der Waals surface area (Å²) >= 11 is 0.780. The Labute approximate surface area is 174 Å². The van der Waals surface area contributed by atoms with Crippen molar-refractivity contribution in [2.75, 3.05) is 6.61 Å². The molecule has 2 aromatic carbocycles. The highest BCUT2D eigenvalue weighted by Crippen LogP contribution is 2.32. The third kappa shape index (κ3) is 3.81. The van der Waals surface area contributed by atoms with Gasteiger partial charge in [-0.05, 0) is 35.5 Å². The van der Waals surface area contributed by atoms with E-state index in [1.807, 2.05) is 30.3 Å². The Bertz CT molecular complexity index is 1230. The molecule has 0 atom stereocenters. The Morgan fingerprint density at radius 2 is 1.87 bits per heavy atom. The molecule has 0 amide bonds. The zero-order chi connectivity index (χ0) is 21.3. The molecule has 152 valence electrons. The lowest BCUT2D eigenvalue weighted by atomic mass is 10.1. The van der Waals surface area contributed by atoms with E-state index >= 15 is 0 Å². The van der Waals surface area contributed by atoms with Gasteiger partial charge in [-0.15, -0.1) is 10.2 Å². The molecule has 0 aliphatic heterocycles. The normalized spacial score (nSPS) is 11.2. The van der Waals surface area contributed by atoms with Crippen LogP contribution in [0.1, 0.15) is 21.7 Å². The summed E-state index contributed by atoms with van der Waals surface area (Å²) in [5.41, 5.74) is 1.60. The minimum atomic E-state index is -0.903. The highest BCUT2D eigenvalue weighted by atomic mass is 32.2. The number of pyridine rings is 1. The van der Waals surface area contributed by atoms with Crippen LogP contribution in [0.25, 0.3) is 10.9 Å². The maximum absolute atomic E-state index is 14.4. The van der Waals surface area contributed by atoms with Crippen molar-refractivity contribution in [3.8, 4) is 0 Å². The van der Waals surface area contributed by atoms with Gasteiger partial charge >= 0.3 is 0 Å².